The lowest BCUT2D eigenvalue weighted by Gasteiger charge is -2.21. The molecule has 2 N–H and O–H groups in total. The van der Waals surface area contributed by atoms with E-state index in [0.717, 1.165) is 0 Å². The first kappa shape index (κ1) is 14.6. The SMILES string of the molecule is CC(C)(C)C1CC1(C#Cc1cncnc1Cl)NC(=O)O. The van der Waals surface area contributed by atoms with Gasteiger partial charge in [-0.05, 0) is 11.8 Å². The van der Waals surface area contributed by atoms with Crippen LogP contribution in [0.1, 0.15) is 32.8 Å². The molecular weight excluding hydrogens is 278 g/mol. The molecule has 0 bridgehead atoms. The molecule has 1 aromatic heterocycles. The zero-order chi connectivity index (χ0) is 15.0. The molecule has 2 rings (SSSR count). The Balaban J connectivity index is 2.29. The molecule has 0 radical (unpaired) electrons. The fraction of sp³-hybridized carbons (Fsp3) is 0.500. The van der Waals surface area contributed by atoms with Crippen LogP contribution < -0.4 is 5.32 Å². The molecule has 1 heterocycles. The minimum atomic E-state index is -1.07. The molecule has 6 heteroatoms. The van der Waals surface area contributed by atoms with Gasteiger partial charge in [-0.2, -0.15) is 0 Å². The van der Waals surface area contributed by atoms with Gasteiger partial charge in [0, 0.05) is 12.1 Å². The molecule has 20 heavy (non-hydrogen) atoms. The molecule has 1 saturated carbocycles. The summed E-state index contributed by atoms with van der Waals surface area (Å²) in [7, 11) is 0. The van der Waals surface area contributed by atoms with Crippen molar-refractivity contribution >= 4 is 17.7 Å². The minimum Gasteiger partial charge on any atom is -0.465 e. The van der Waals surface area contributed by atoms with Crippen molar-refractivity contribution in [1.29, 1.82) is 0 Å². The summed E-state index contributed by atoms with van der Waals surface area (Å²) in [6.07, 6.45) is 2.49. The van der Waals surface area contributed by atoms with Crippen molar-refractivity contribution < 1.29 is 9.90 Å². The van der Waals surface area contributed by atoms with Crippen LogP contribution >= 0.6 is 11.6 Å². The lowest BCUT2D eigenvalue weighted by molar-refractivity contribution is 0.188. The van der Waals surface area contributed by atoms with Gasteiger partial charge < -0.3 is 10.4 Å². The van der Waals surface area contributed by atoms with E-state index >= 15 is 0 Å². The van der Waals surface area contributed by atoms with Crippen LogP contribution in [0.4, 0.5) is 4.79 Å². The average molecular weight is 294 g/mol. The van der Waals surface area contributed by atoms with Crippen LogP contribution in [-0.4, -0.2) is 26.7 Å². The van der Waals surface area contributed by atoms with Gasteiger partial charge in [0.05, 0.1) is 5.56 Å². The van der Waals surface area contributed by atoms with Crippen LogP contribution in [0.25, 0.3) is 0 Å². The number of carboxylic acid groups (broad SMARTS) is 1. The van der Waals surface area contributed by atoms with Crippen LogP contribution in [0.3, 0.4) is 0 Å². The molecule has 2 unspecified atom stereocenters. The van der Waals surface area contributed by atoms with Crippen LogP contribution in [0, 0.1) is 23.2 Å². The van der Waals surface area contributed by atoms with E-state index in [9.17, 15) is 4.79 Å². The Bertz CT molecular complexity index is 600. The molecule has 1 fully saturated rings. The minimum absolute atomic E-state index is 0.0197. The van der Waals surface area contributed by atoms with Crippen molar-refractivity contribution in [3.05, 3.63) is 23.2 Å². The number of nitrogens with zero attached hydrogens (tertiary/aromatic N) is 2. The van der Waals surface area contributed by atoms with Crippen molar-refractivity contribution in [3.63, 3.8) is 0 Å². The summed E-state index contributed by atoms with van der Waals surface area (Å²) in [6, 6.07) is 0. The molecule has 1 aliphatic carbocycles. The van der Waals surface area contributed by atoms with Crippen LogP contribution in [0.15, 0.2) is 12.5 Å². The Kier molecular flexibility index (Phi) is 3.61. The number of aromatic nitrogens is 2. The highest BCUT2D eigenvalue weighted by Crippen LogP contribution is 2.53. The van der Waals surface area contributed by atoms with Crippen molar-refractivity contribution in [2.24, 2.45) is 11.3 Å². The fourth-order valence-electron chi connectivity index (χ4n) is 2.38. The fourth-order valence-corrected chi connectivity index (χ4v) is 2.52. The van der Waals surface area contributed by atoms with Crippen molar-refractivity contribution in [2.75, 3.05) is 0 Å². The highest BCUT2D eigenvalue weighted by molar-refractivity contribution is 6.30. The summed E-state index contributed by atoms with van der Waals surface area (Å²) in [5, 5.41) is 11.8. The van der Waals surface area contributed by atoms with Crippen LogP contribution in [0.5, 0.6) is 0 Å². The third-order valence-electron chi connectivity index (χ3n) is 3.42. The van der Waals surface area contributed by atoms with Gasteiger partial charge in [-0.25, -0.2) is 14.8 Å². The lowest BCUT2D eigenvalue weighted by Crippen LogP contribution is -2.38. The topological polar surface area (TPSA) is 75.1 Å². The number of hydrogen-bond acceptors (Lipinski definition) is 3. The monoisotopic (exact) mass is 293 g/mol. The van der Waals surface area contributed by atoms with E-state index in [1.807, 2.05) is 0 Å². The van der Waals surface area contributed by atoms with Gasteiger partial charge in [0.25, 0.3) is 0 Å². The van der Waals surface area contributed by atoms with Gasteiger partial charge in [0.2, 0.25) is 0 Å². The van der Waals surface area contributed by atoms with Gasteiger partial charge in [-0.15, -0.1) is 0 Å². The molecule has 0 saturated heterocycles. The van der Waals surface area contributed by atoms with Gasteiger partial charge in [0.15, 0.2) is 0 Å². The number of amides is 1. The summed E-state index contributed by atoms with van der Waals surface area (Å²) >= 11 is 5.92. The van der Waals surface area contributed by atoms with Crippen molar-refractivity contribution in [2.45, 2.75) is 32.7 Å². The molecule has 1 aliphatic rings. The first-order valence-corrected chi connectivity index (χ1v) is 6.62. The second kappa shape index (κ2) is 4.95. The predicted octanol–water partition coefficient (Wildman–Crippen LogP) is 2.55. The Hall–Kier alpha value is -1.80. The van der Waals surface area contributed by atoms with E-state index in [-0.39, 0.29) is 16.5 Å². The summed E-state index contributed by atoms with van der Waals surface area (Å²) < 4.78 is 0. The maximum atomic E-state index is 11.0. The summed E-state index contributed by atoms with van der Waals surface area (Å²) in [5.74, 6) is 6.07. The average Bonchev–Trinajstić information content (AvgIpc) is 3.02. The number of halogens is 1. The molecule has 5 nitrogen and oxygen atoms in total. The van der Waals surface area contributed by atoms with E-state index in [2.05, 4.69) is 47.9 Å². The molecule has 1 amide bonds. The largest absolute Gasteiger partial charge is 0.465 e. The summed E-state index contributed by atoms with van der Waals surface area (Å²) in [4.78, 5) is 18.7. The van der Waals surface area contributed by atoms with Gasteiger partial charge in [-0.3, -0.25) is 0 Å². The highest BCUT2D eigenvalue weighted by Gasteiger charge is 2.59. The quantitative estimate of drug-likeness (QED) is 0.616. The number of hydrogen-bond donors (Lipinski definition) is 2. The standard InChI is InChI=1S/C14H16ClN3O2/c1-13(2,3)10-6-14(10,18-12(19)20)5-4-9-7-16-8-17-11(9)15/h7-8,10,18H,6H2,1-3H3,(H,19,20). The maximum absolute atomic E-state index is 11.0. The highest BCUT2D eigenvalue weighted by atomic mass is 35.5. The predicted molar refractivity (Wildman–Crippen MR) is 75.4 cm³/mol. The van der Waals surface area contributed by atoms with E-state index in [0.29, 0.717) is 12.0 Å². The van der Waals surface area contributed by atoms with Crippen molar-refractivity contribution in [3.8, 4) is 11.8 Å². The van der Waals surface area contributed by atoms with E-state index in [4.69, 9.17) is 16.7 Å². The summed E-state index contributed by atoms with van der Waals surface area (Å²) in [6.45, 7) is 6.22. The third kappa shape index (κ3) is 3.02. The number of rotatable bonds is 1. The van der Waals surface area contributed by atoms with Crippen molar-refractivity contribution in [1.82, 2.24) is 15.3 Å². The number of nitrogens with one attached hydrogen (secondary N) is 1. The molecule has 0 spiro atoms. The van der Waals surface area contributed by atoms with E-state index < -0.39 is 11.6 Å². The Labute approximate surface area is 122 Å². The van der Waals surface area contributed by atoms with Crippen LogP contribution in [0.2, 0.25) is 5.15 Å². The van der Waals surface area contributed by atoms with Gasteiger partial charge in [0.1, 0.15) is 17.0 Å². The van der Waals surface area contributed by atoms with E-state index in [1.54, 1.807) is 0 Å². The Morgan fingerprint density at radius 1 is 1.60 bits per heavy atom. The first-order chi connectivity index (χ1) is 9.24. The molecule has 1 aromatic rings. The third-order valence-corrected chi connectivity index (χ3v) is 3.72. The van der Waals surface area contributed by atoms with Gasteiger partial charge >= 0.3 is 6.09 Å². The zero-order valence-electron chi connectivity index (χ0n) is 11.6. The second-order valence-electron chi connectivity index (χ2n) is 6.00. The molecular formula is C14H16ClN3O2. The van der Waals surface area contributed by atoms with Gasteiger partial charge in [-0.1, -0.05) is 44.2 Å². The maximum Gasteiger partial charge on any atom is 0.405 e. The smallest absolute Gasteiger partial charge is 0.405 e. The molecule has 0 aromatic carbocycles. The molecule has 0 aliphatic heterocycles. The Morgan fingerprint density at radius 3 is 2.80 bits per heavy atom. The first-order valence-electron chi connectivity index (χ1n) is 6.24. The molecule has 2 atom stereocenters. The van der Waals surface area contributed by atoms with Crippen LogP contribution in [-0.2, 0) is 0 Å². The zero-order valence-corrected chi connectivity index (χ0v) is 12.3. The second-order valence-corrected chi connectivity index (χ2v) is 6.36. The summed E-state index contributed by atoms with van der Waals surface area (Å²) in [5.41, 5.74) is -0.225. The lowest BCUT2D eigenvalue weighted by atomic mass is 9.87. The normalized spacial score (nSPS) is 24.5. The number of carbonyl (C=O) groups is 1. The molecule has 106 valence electrons. The van der Waals surface area contributed by atoms with E-state index in [1.165, 1.54) is 12.5 Å². The Morgan fingerprint density at radius 2 is 2.30 bits per heavy atom.